The van der Waals surface area contributed by atoms with Crippen molar-refractivity contribution in [3.8, 4) is 0 Å². The third kappa shape index (κ3) is 3.43. The van der Waals surface area contributed by atoms with E-state index in [4.69, 9.17) is 14.0 Å². The van der Waals surface area contributed by atoms with Crippen molar-refractivity contribution < 1.29 is 18.8 Å². The van der Waals surface area contributed by atoms with E-state index < -0.39 is 5.97 Å². The maximum Gasteiger partial charge on any atom is 0.360 e. The summed E-state index contributed by atoms with van der Waals surface area (Å²) in [5.74, 6) is 0.496. The lowest BCUT2D eigenvalue weighted by molar-refractivity contribution is 0.0592. The molecule has 0 aliphatic heterocycles. The van der Waals surface area contributed by atoms with E-state index in [9.17, 15) is 4.79 Å². The van der Waals surface area contributed by atoms with Crippen molar-refractivity contribution in [1.82, 2.24) is 25.1 Å². The van der Waals surface area contributed by atoms with Crippen LogP contribution in [0.2, 0.25) is 0 Å². The highest BCUT2D eigenvalue weighted by molar-refractivity contribution is 5.88. The van der Waals surface area contributed by atoms with Crippen molar-refractivity contribution in [1.29, 1.82) is 0 Å². The van der Waals surface area contributed by atoms with E-state index in [-0.39, 0.29) is 12.2 Å². The Balaban J connectivity index is 2.25. The van der Waals surface area contributed by atoms with Crippen LogP contribution in [0.3, 0.4) is 0 Å². The molecule has 2 aromatic rings. The van der Waals surface area contributed by atoms with Gasteiger partial charge in [-0.3, -0.25) is 0 Å². The number of carbonyl (C=O) groups excluding carboxylic acids is 1. The standard InChI is InChI=1S/C12H17N5O4/c1-4-9-13-10(21-15-9)7-17-8(5-6-19-2)11(14-16-17)12(18)20-3/h4-7H2,1-3H3. The van der Waals surface area contributed by atoms with Crippen molar-refractivity contribution in [2.24, 2.45) is 0 Å². The SMILES string of the molecule is CCc1noc(Cn2nnc(C(=O)OC)c2CCOC)n1. The first-order valence-electron chi connectivity index (χ1n) is 6.50. The summed E-state index contributed by atoms with van der Waals surface area (Å²) in [6, 6.07) is 0. The number of esters is 1. The van der Waals surface area contributed by atoms with Gasteiger partial charge in [0.15, 0.2) is 11.5 Å². The first kappa shape index (κ1) is 15.1. The Morgan fingerprint density at radius 2 is 2.19 bits per heavy atom. The molecule has 0 saturated heterocycles. The quantitative estimate of drug-likeness (QED) is 0.669. The zero-order valence-corrected chi connectivity index (χ0v) is 12.2. The average Bonchev–Trinajstić information content (AvgIpc) is 3.11. The molecule has 2 heterocycles. The summed E-state index contributed by atoms with van der Waals surface area (Å²) in [6.45, 7) is 2.61. The number of ether oxygens (including phenoxy) is 2. The van der Waals surface area contributed by atoms with Crippen LogP contribution < -0.4 is 0 Å². The van der Waals surface area contributed by atoms with E-state index in [0.29, 0.717) is 36.9 Å². The zero-order valence-electron chi connectivity index (χ0n) is 12.2. The molecule has 21 heavy (non-hydrogen) atoms. The molecule has 0 aliphatic carbocycles. The third-order valence-electron chi connectivity index (χ3n) is 2.87. The summed E-state index contributed by atoms with van der Waals surface area (Å²) in [5.41, 5.74) is 0.782. The van der Waals surface area contributed by atoms with Crippen LogP contribution >= 0.6 is 0 Å². The molecule has 9 nitrogen and oxygen atoms in total. The van der Waals surface area contributed by atoms with Crippen molar-refractivity contribution in [3.63, 3.8) is 0 Å². The van der Waals surface area contributed by atoms with Crippen molar-refractivity contribution >= 4 is 5.97 Å². The molecule has 0 spiro atoms. The molecule has 0 aliphatic rings. The van der Waals surface area contributed by atoms with Crippen LogP contribution in [0, 0.1) is 0 Å². The smallest absolute Gasteiger partial charge is 0.360 e. The summed E-state index contributed by atoms with van der Waals surface area (Å²) < 4.78 is 16.4. The highest BCUT2D eigenvalue weighted by atomic mass is 16.5. The van der Waals surface area contributed by atoms with E-state index in [1.54, 1.807) is 7.11 Å². The lowest BCUT2D eigenvalue weighted by atomic mass is 10.2. The van der Waals surface area contributed by atoms with Crippen molar-refractivity contribution in [3.05, 3.63) is 23.1 Å². The molecular weight excluding hydrogens is 278 g/mol. The topological polar surface area (TPSA) is 105 Å². The summed E-state index contributed by atoms with van der Waals surface area (Å²) in [6.07, 6.45) is 1.16. The van der Waals surface area contributed by atoms with Crippen LogP contribution in [-0.4, -0.2) is 51.9 Å². The van der Waals surface area contributed by atoms with Gasteiger partial charge in [0, 0.05) is 20.0 Å². The highest BCUT2D eigenvalue weighted by Gasteiger charge is 2.21. The fourth-order valence-corrected chi connectivity index (χ4v) is 1.79. The van der Waals surface area contributed by atoms with E-state index >= 15 is 0 Å². The Labute approximate surface area is 121 Å². The van der Waals surface area contributed by atoms with Crippen LogP contribution in [0.4, 0.5) is 0 Å². The predicted octanol–water partition coefficient (Wildman–Crippen LogP) is 0.247. The minimum Gasteiger partial charge on any atom is -0.464 e. The van der Waals surface area contributed by atoms with Gasteiger partial charge < -0.3 is 14.0 Å². The molecule has 0 bridgehead atoms. The van der Waals surface area contributed by atoms with Gasteiger partial charge >= 0.3 is 5.97 Å². The fraction of sp³-hybridized carbons (Fsp3) is 0.583. The van der Waals surface area contributed by atoms with Gasteiger partial charge in [0.05, 0.1) is 19.4 Å². The highest BCUT2D eigenvalue weighted by Crippen LogP contribution is 2.11. The van der Waals surface area contributed by atoms with Crippen molar-refractivity contribution in [2.75, 3.05) is 20.8 Å². The van der Waals surface area contributed by atoms with Gasteiger partial charge in [0.2, 0.25) is 5.89 Å². The monoisotopic (exact) mass is 295 g/mol. The molecule has 0 radical (unpaired) electrons. The van der Waals surface area contributed by atoms with Crippen LogP contribution in [0.25, 0.3) is 0 Å². The van der Waals surface area contributed by atoms with Gasteiger partial charge in [-0.05, 0) is 0 Å². The number of aryl methyl sites for hydroxylation is 1. The number of hydrogen-bond donors (Lipinski definition) is 0. The van der Waals surface area contributed by atoms with Gasteiger partial charge in [0.1, 0.15) is 6.54 Å². The Kier molecular flexibility index (Phi) is 4.99. The van der Waals surface area contributed by atoms with Gasteiger partial charge in [-0.25, -0.2) is 9.48 Å². The molecule has 0 N–H and O–H groups in total. The number of carbonyl (C=O) groups is 1. The summed E-state index contributed by atoms with van der Waals surface area (Å²) in [4.78, 5) is 15.9. The second-order valence-electron chi connectivity index (χ2n) is 4.23. The second kappa shape index (κ2) is 6.93. The number of methoxy groups -OCH3 is 2. The van der Waals surface area contributed by atoms with Gasteiger partial charge in [0.25, 0.3) is 0 Å². The number of hydrogen-bond acceptors (Lipinski definition) is 8. The molecule has 0 aromatic carbocycles. The second-order valence-corrected chi connectivity index (χ2v) is 4.23. The number of aromatic nitrogens is 5. The minimum atomic E-state index is -0.535. The fourth-order valence-electron chi connectivity index (χ4n) is 1.79. The number of rotatable bonds is 7. The minimum absolute atomic E-state index is 0.171. The molecule has 114 valence electrons. The Bertz CT molecular complexity index is 607. The molecule has 0 atom stereocenters. The van der Waals surface area contributed by atoms with Crippen molar-refractivity contribution in [2.45, 2.75) is 26.3 Å². The lowest BCUT2D eigenvalue weighted by Crippen LogP contribution is -2.12. The summed E-state index contributed by atoms with van der Waals surface area (Å²) >= 11 is 0. The van der Waals surface area contributed by atoms with Crippen LogP contribution in [0.5, 0.6) is 0 Å². The van der Waals surface area contributed by atoms with Crippen LogP contribution in [0.1, 0.15) is 34.8 Å². The van der Waals surface area contributed by atoms with E-state index in [0.717, 1.165) is 0 Å². The molecular formula is C12H17N5O4. The van der Waals surface area contributed by atoms with E-state index in [2.05, 4.69) is 20.5 Å². The predicted molar refractivity (Wildman–Crippen MR) is 69.7 cm³/mol. The van der Waals surface area contributed by atoms with E-state index in [1.807, 2.05) is 6.92 Å². The molecule has 2 aromatic heterocycles. The Morgan fingerprint density at radius 1 is 1.38 bits per heavy atom. The molecule has 2 rings (SSSR count). The first-order chi connectivity index (χ1) is 10.2. The molecule has 0 saturated carbocycles. The van der Waals surface area contributed by atoms with E-state index in [1.165, 1.54) is 11.8 Å². The largest absolute Gasteiger partial charge is 0.464 e. The van der Waals surface area contributed by atoms with Crippen LogP contribution in [0.15, 0.2) is 4.52 Å². The third-order valence-corrected chi connectivity index (χ3v) is 2.87. The lowest BCUT2D eigenvalue weighted by Gasteiger charge is -2.04. The van der Waals surface area contributed by atoms with Gasteiger partial charge in [-0.2, -0.15) is 4.98 Å². The summed E-state index contributed by atoms with van der Waals surface area (Å²) in [7, 11) is 2.88. The maximum atomic E-state index is 11.7. The molecule has 9 heteroatoms. The molecule has 0 amide bonds. The number of nitrogens with zero attached hydrogens (tertiary/aromatic N) is 5. The van der Waals surface area contributed by atoms with Crippen LogP contribution in [-0.2, 0) is 28.9 Å². The Morgan fingerprint density at radius 3 is 2.81 bits per heavy atom. The van der Waals surface area contributed by atoms with Gasteiger partial charge in [-0.1, -0.05) is 17.3 Å². The summed E-state index contributed by atoms with van der Waals surface area (Å²) in [5, 5.41) is 11.6. The maximum absolute atomic E-state index is 11.7. The molecule has 0 fully saturated rings. The molecule has 0 unspecified atom stereocenters. The zero-order chi connectivity index (χ0) is 15.2. The first-order valence-corrected chi connectivity index (χ1v) is 6.50. The average molecular weight is 295 g/mol. The van der Waals surface area contributed by atoms with Gasteiger partial charge in [-0.15, -0.1) is 5.10 Å². The normalized spacial score (nSPS) is 10.8. The Hall–Kier alpha value is -2.29.